The Labute approximate surface area is 85.1 Å². The number of hydrogen-bond donors (Lipinski definition) is 3. The molecule has 0 aromatic rings. The molecule has 4 N–H and O–H groups in total. The molecule has 0 aromatic heterocycles. The second-order valence-electron chi connectivity index (χ2n) is 3.96. The minimum atomic E-state index is -0.817. The molecule has 0 aliphatic rings. The number of rotatable bonds is 8. The summed E-state index contributed by atoms with van der Waals surface area (Å²) >= 11 is 0. The third kappa shape index (κ3) is 4.58. The van der Waals surface area contributed by atoms with Crippen molar-refractivity contribution >= 4 is 5.97 Å². The van der Waals surface area contributed by atoms with Gasteiger partial charge in [-0.1, -0.05) is 19.3 Å². The minimum absolute atomic E-state index is 0.183. The third-order valence-corrected chi connectivity index (χ3v) is 2.60. The molecule has 84 valence electrons. The van der Waals surface area contributed by atoms with Gasteiger partial charge in [-0.2, -0.15) is 0 Å². The van der Waals surface area contributed by atoms with Crippen LogP contribution in [0, 0.1) is 5.41 Å². The van der Waals surface area contributed by atoms with Crippen LogP contribution in [0.1, 0.15) is 39.0 Å². The van der Waals surface area contributed by atoms with Crippen molar-refractivity contribution in [3.63, 3.8) is 0 Å². The van der Waals surface area contributed by atoms with E-state index in [4.69, 9.17) is 15.9 Å². The Kier molecular flexibility index (Phi) is 6.49. The molecule has 0 bridgehead atoms. The van der Waals surface area contributed by atoms with E-state index in [0.29, 0.717) is 6.42 Å². The summed E-state index contributed by atoms with van der Waals surface area (Å²) in [5.74, 6) is -0.817. The van der Waals surface area contributed by atoms with Crippen LogP contribution in [0.3, 0.4) is 0 Å². The molecule has 0 spiro atoms. The van der Waals surface area contributed by atoms with Gasteiger partial charge in [0.05, 0.1) is 5.41 Å². The molecule has 1 atom stereocenters. The summed E-state index contributed by atoms with van der Waals surface area (Å²) in [6.45, 7) is 2.08. The van der Waals surface area contributed by atoms with Gasteiger partial charge in [0.25, 0.3) is 0 Å². The molecular weight excluding hydrogens is 182 g/mol. The number of hydrogen-bond acceptors (Lipinski definition) is 3. The Balaban J connectivity index is 3.68. The van der Waals surface area contributed by atoms with Crippen LogP contribution in [0.5, 0.6) is 0 Å². The number of nitrogens with two attached hydrogens (primary N) is 1. The van der Waals surface area contributed by atoms with Crippen molar-refractivity contribution in [1.29, 1.82) is 0 Å². The molecular formula is C10H21NO3. The van der Waals surface area contributed by atoms with Crippen molar-refractivity contribution in [3.8, 4) is 0 Å². The Bertz CT molecular complexity index is 173. The summed E-state index contributed by atoms with van der Waals surface area (Å²) in [7, 11) is 0. The number of aliphatic hydroxyl groups is 1. The second kappa shape index (κ2) is 6.79. The Morgan fingerprint density at radius 1 is 1.29 bits per heavy atom. The second-order valence-corrected chi connectivity index (χ2v) is 3.96. The van der Waals surface area contributed by atoms with Crippen LogP contribution in [0.4, 0.5) is 0 Å². The average Bonchev–Trinajstić information content (AvgIpc) is 2.17. The number of carboxylic acids is 1. The standard InChI is InChI=1S/C10H21NO3/c1-10(8-11,9(13)14)6-4-2-3-5-7-12/h12H,2-8,11H2,1H3,(H,13,14). The Morgan fingerprint density at radius 2 is 1.86 bits per heavy atom. The maximum absolute atomic E-state index is 10.9. The van der Waals surface area contributed by atoms with E-state index >= 15 is 0 Å². The molecule has 0 aliphatic carbocycles. The zero-order valence-electron chi connectivity index (χ0n) is 8.83. The predicted molar refractivity (Wildman–Crippen MR) is 55.0 cm³/mol. The normalized spacial score (nSPS) is 15.1. The van der Waals surface area contributed by atoms with Crippen molar-refractivity contribution in [2.24, 2.45) is 11.1 Å². The highest BCUT2D eigenvalue weighted by Crippen LogP contribution is 2.23. The fraction of sp³-hybridized carbons (Fsp3) is 0.900. The smallest absolute Gasteiger partial charge is 0.310 e. The summed E-state index contributed by atoms with van der Waals surface area (Å²) in [6, 6.07) is 0. The van der Waals surface area contributed by atoms with Crippen LogP contribution in [-0.2, 0) is 4.79 Å². The summed E-state index contributed by atoms with van der Waals surface area (Å²) < 4.78 is 0. The molecule has 4 heteroatoms. The van der Waals surface area contributed by atoms with Crippen LogP contribution in [0.15, 0.2) is 0 Å². The first kappa shape index (κ1) is 13.4. The molecule has 0 saturated heterocycles. The number of carboxylic acid groups (broad SMARTS) is 1. The van der Waals surface area contributed by atoms with Gasteiger partial charge < -0.3 is 15.9 Å². The topological polar surface area (TPSA) is 83.5 Å². The summed E-state index contributed by atoms with van der Waals surface area (Å²) in [4.78, 5) is 10.9. The molecule has 0 radical (unpaired) electrons. The summed E-state index contributed by atoms with van der Waals surface area (Å²) in [5.41, 5.74) is 4.65. The number of carbonyl (C=O) groups is 1. The highest BCUT2D eigenvalue weighted by Gasteiger charge is 2.30. The first-order valence-corrected chi connectivity index (χ1v) is 5.11. The van der Waals surface area contributed by atoms with E-state index in [1.54, 1.807) is 6.92 Å². The van der Waals surface area contributed by atoms with Crippen molar-refractivity contribution in [2.75, 3.05) is 13.2 Å². The molecule has 0 saturated carbocycles. The lowest BCUT2D eigenvalue weighted by Crippen LogP contribution is -2.35. The lowest BCUT2D eigenvalue weighted by Gasteiger charge is -2.22. The van der Waals surface area contributed by atoms with Gasteiger partial charge in [0.15, 0.2) is 0 Å². The van der Waals surface area contributed by atoms with E-state index in [1.807, 2.05) is 0 Å². The average molecular weight is 203 g/mol. The van der Waals surface area contributed by atoms with Crippen molar-refractivity contribution in [3.05, 3.63) is 0 Å². The zero-order chi connectivity index (χ0) is 11.0. The Morgan fingerprint density at radius 3 is 2.29 bits per heavy atom. The van der Waals surface area contributed by atoms with Crippen molar-refractivity contribution in [2.45, 2.75) is 39.0 Å². The van der Waals surface area contributed by atoms with Gasteiger partial charge in [0.2, 0.25) is 0 Å². The molecule has 4 nitrogen and oxygen atoms in total. The maximum atomic E-state index is 10.9. The van der Waals surface area contributed by atoms with Gasteiger partial charge >= 0.3 is 5.97 Å². The van der Waals surface area contributed by atoms with E-state index in [9.17, 15) is 4.79 Å². The highest BCUT2D eigenvalue weighted by atomic mass is 16.4. The van der Waals surface area contributed by atoms with Crippen LogP contribution in [0.2, 0.25) is 0 Å². The van der Waals surface area contributed by atoms with Gasteiger partial charge in [-0.3, -0.25) is 4.79 Å². The van der Waals surface area contributed by atoms with Gasteiger partial charge in [0.1, 0.15) is 0 Å². The van der Waals surface area contributed by atoms with Crippen LogP contribution < -0.4 is 5.73 Å². The maximum Gasteiger partial charge on any atom is 0.310 e. The molecule has 0 rings (SSSR count). The van der Waals surface area contributed by atoms with Gasteiger partial charge in [-0.25, -0.2) is 0 Å². The van der Waals surface area contributed by atoms with E-state index in [-0.39, 0.29) is 13.2 Å². The molecule has 0 aliphatic heterocycles. The monoisotopic (exact) mass is 203 g/mol. The third-order valence-electron chi connectivity index (χ3n) is 2.60. The van der Waals surface area contributed by atoms with Crippen LogP contribution in [-0.4, -0.2) is 29.3 Å². The molecule has 1 unspecified atom stereocenters. The zero-order valence-corrected chi connectivity index (χ0v) is 8.83. The van der Waals surface area contributed by atoms with E-state index in [1.165, 1.54) is 0 Å². The summed E-state index contributed by atoms with van der Waals surface area (Å²) in [6.07, 6.45) is 4.19. The molecule has 0 amide bonds. The largest absolute Gasteiger partial charge is 0.481 e. The van der Waals surface area contributed by atoms with Crippen molar-refractivity contribution in [1.82, 2.24) is 0 Å². The van der Waals surface area contributed by atoms with Crippen LogP contribution in [0.25, 0.3) is 0 Å². The van der Waals surface area contributed by atoms with Crippen molar-refractivity contribution < 1.29 is 15.0 Å². The highest BCUT2D eigenvalue weighted by molar-refractivity contribution is 5.74. The first-order chi connectivity index (χ1) is 6.56. The molecule has 0 heterocycles. The van der Waals surface area contributed by atoms with E-state index in [2.05, 4.69) is 0 Å². The fourth-order valence-electron chi connectivity index (χ4n) is 1.28. The van der Waals surface area contributed by atoms with Crippen LogP contribution >= 0.6 is 0 Å². The fourth-order valence-corrected chi connectivity index (χ4v) is 1.28. The SMILES string of the molecule is CC(CN)(CCCCCCO)C(=O)O. The number of aliphatic hydroxyl groups excluding tert-OH is 1. The van der Waals surface area contributed by atoms with Gasteiger partial charge in [-0.05, 0) is 19.8 Å². The molecule has 0 aromatic carbocycles. The number of aliphatic carboxylic acids is 1. The number of unbranched alkanes of at least 4 members (excludes halogenated alkanes) is 3. The van der Waals surface area contributed by atoms with E-state index < -0.39 is 11.4 Å². The lowest BCUT2D eigenvalue weighted by molar-refractivity contribution is -0.147. The quantitative estimate of drug-likeness (QED) is 0.513. The minimum Gasteiger partial charge on any atom is -0.481 e. The van der Waals surface area contributed by atoms with Gasteiger partial charge in [-0.15, -0.1) is 0 Å². The predicted octanol–water partition coefficient (Wildman–Crippen LogP) is 0.979. The summed E-state index contributed by atoms with van der Waals surface area (Å²) in [5, 5.41) is 17.5. The first-order valence-electron chi connectivity index (χ1n) is 5.11. The van der Waals surface area contributed by atoms with E-state index in [0.717, 1.165) is 25.7 Å². The lowest BCUT2D eigenvalue weighted by atomic mass is 9.85. The van der Waals surface area contributed by atoms with Gasteiger partial charge in [0, 0.05) is 13.2 Å². The molecule has 0 fully saturated rings. The molecule has 14 heavy (non-hydrogen) atoms. The Hall–Kier alpha value is -0.610.